The number of nitrogens with two attached hydrogens (primary N) is 1. The third-order valence-corrected chi connectivity index (χ3v) is 6.15. The van der Waals surface area contributed by atoms with Crippen LogP contribution in [0.1, 0.15) is 67.3 Å². The number of benzene rings is 1. The zero-order valence-electron chi connectivity index (χ0n) is 13.1. The lowest BCUT2D eigenvalue weighted by molar-refractivity contribution is 0.345. The van der Waals surface area contributed by atoms with E-state index >= 15 is 0 Å². The summed E-state index contributed by atoms with van der Waals surface area (Å²) in [7, 11) is 0. The molecular formula is C18H22ClN3O. The van der Waals surface area contributed by atoms with Crippen LogP contribution in [0, 0.1) is 0 Å². The van der Waals surface area contributed by atoms with Crippen LogP contribution < -0.4 is 5.73 Å². The van der Waals surface area contributed by atoms with Crippen molar-refractivity contribution in [1.82, 2.24) is 10.1 Å². The fourth-order valence-corrected chi connectivity index (χ4v) is 4.73. The van der Waals surface area contributed by atoms with Gasteiger partial charge in [-0.1, -0.05) is 42.3 Å². The van der Waals surface area contributed by atoms with Gasteiger partial charge >= 0.3 is 0 Å². The van der Waals surface area contributed by atoms with E-state index in [2.05, 4.69) is 29.4 Å². The monoisotopic (exact) mass is 331 g/mol. The fraction of sp³-hybridized carbons (Fsp3) is 0.556. The van der Waals surface area contributed by atoms with E-state index in [9.17, 15) is 0 Å². The van der Waals surface area contributed by atoms with E-state index in [1.54, 1.807) is 0 Å². The molecule has 2 aromatic rings. The highest BCUT2D eigenvalue weighted by Crippen LogP contribution is 2.66. The quantitative estimate of drug-likeness (QED) is 0.913. The van der Waals surface area contributed by atoms with Gasteiger partial charge in [0.05, 0.1) is 5.54 Å². The maximum atomic E-state index is 6.45. The molecule has 0 radical (unpaired) electrons. The molecule has 2 unspecified atom stereocenters. The number of aryl methyl sites for hydroxylation is 1. The van der Waals surface area contributed by atoms with Crippen LogP contribution in [0.2, 0.25) is 0 Å². The zero-order valence-corrected chi connectivity index (χ0v) is 13.9. The Morgan fingerprint density at radius 1 is 1.13 bits per heavy atom. The third kappa shape index (κ3) is 2.08. The van der Waals surface area contributed by atoms with Gasteiger partial charge < -0.3 is 10.3 Å². The molecule has 2 saturated carbocycles. The molecule has 3 aliphatic carbocycles. The minimum Gasteiger partial charge on any atom is -0.339 e. The summed E-state index contributed by atoms with van der Waals surface area (Å²) in [5.41, 5.74) is 9.36. The van der Waals surface area contributed by atoms with Crippen molar-refractivity contribution in [3.05, 3.63) is 47.1 Å². The molecule has 5 rings (SSSR count). The van der Waals surface area contributed by atoms with Crippen molar-refractivity contribution < 1.29 is 4.52 Å². The van der Waals surface area contributed by atoms with Gasteiger partial charge in [0.1, 0.15) is 0 Å². The second kappa shape index (κ2) is 5.05. The van der Waals surface area contributed by atoms with Crippen molar-refractivity contribution in [2.75, 3.05) is 0 Å². The molecule has 5 heteroatoms. The smallest absolute Gasteiger partial charge is 0.230 e. The summed E-state index contributed by atoms with van der Waals surface area (Å²) in [6, 6.07) is 8.82. The zero-order chi connectivity index (χ0) is 14.8. The Balaban J connectivity index is 0.00000135. The van der Waals surface area contributed by atoms with E-state index in [1.807, 2.05) is 0 Å². The minimum atomic E-state index is -0.350. The van der Waals surface area contributed by atoms with Crippen LogP contribution in [0.5, 0.6) is 0 Å². The van der Waals surface area contributed by atoms with E-state index in [0.29, 0.717) is 5.92 Å². The Bertz CT molecular complexity index is 737. The molecule has 2 N–H and O–H groups in total. The van der Waals surface area contributed by atoms with Crippen molar-refractivity contribution >= 4 is 12.4 Å². The fourth-order valence-electron chi connectivity index (χ4n) is 4.73. The van der Waals surface area contributed by atoms with E-state index in [1.165, 1.54) is 36.8 Å². The van der Waals surface area contributed by atoms with Gasteiger partial charge in [-0.25, -0.2) is 0 Å². The van der Waals surface area contributed by atoms with Gasteiger partial charge in [-0.3, -0.25) is 0 Å². The molecule has 0 amide bonds. The van der Waals surface area contributed by atoms with Crippen molar-refractivity contribution in [3.63, 3.8) is 0 Å². The molecule has 23 heavy (non-hydrogen) atoms. The Hall–Kier alpha value is -1.39. The van der Waals surface area contributed by atoms with Crippen LogP contribution >= 0.6 is 12.4 Å². The summed E-state index contributed by atoms with van der Waals surface area (Å²) < 4.78 is 5.63. The van der Waals surface area contributed by atoms with Crippen LogP contribution in [0.25, 0.3) is 0 Å². The van der Waals surface area contributed by atoms with Crippen molar-refractivity contribution in [3.8, 4) is 0 Å². The lowest BCUT2D eigenvalue weighted by Crippen LogP contribution is -2.34. The summed E-state index contributed by atoms with van der Waals surface area (Å²) in [6.07, 6.45) is 7.82. The van der Waals surface area contributed by atoms with Crippen LogP contribution in [0.15, 0.2) is 28.8 Å². The molecule has 4 nitrogen and oxygen atoms in total. The molecule has 1 aromatic carbocycles. The van der Waals surface area contributed by atoms with Gasteiger partial charge in [0.2, 0.25) is 5.89 Å². The summed E-state index contributed by atoms with van der Waals surface area (Å²) in [5.74, 6) is 1.93. The molecule has 0 bridgehead atoms. The first-order valence-corrected chi connectivity index (χ1v) is 8.43. The summed E-state index contributed by atoms with van der Waals surface area (Å²) in [6.45, 7) is 0. The molecule has 2 fully saturated rings. The third-order valence-electron chi connectivity index (χ3n) is 6.15. The number of halogens is 1. The molecule has 0 saturated heterocycles. The average Bonchev–Trinajstić information content (AvgIpc) is 2.95. The Morgan fingerprint density at radius 2 is 1.91 bits per heavy atom. The standard InChI is InChI=1S/C18H21N3O.ClH/c19-18(8-3-4-9-18)16-20-15(22-21-16)14-11-17(14)10-7-12-5-1-2-6-13(12)17;/h1-2,5-6,14H,3-4,7-11,19H2;1H. The molecule has 0 aliphatic heterocycles. The predicted octanol–water partition coefficient (Wildman–Crippen LogP) is 3.59. The largest absolute Gasteiger partial charge is 0.339 e. The normalized spacial score (nSPS) is 30.2. The van der Waals surface area contributed by atoms with E-state index in [0.717, 1.165) is 31.0 Å². The van der Waals surface area contributed by atoms with Crippen molar-refractivity contribution in [2.24, 2.45) is 5.73 Å². The lowest BCUT2D eigenvalue weighted by Gasteiger charge is -2.17. The number of nitrogens with zero attached hydrogens (tertiary/aromatic N) is 2. The molecule has 2 atom stereocenters. The highest BCUT2D eigenvalue weighted by atomic mass is 35.5. The lowest BCUT2D eigenvalue weighted by atomic mass is 9.95. The maximum absolute atomic E-state index is 6.45. The van der Waals surface area contributed by atoms with Crippen molar-refractivity contribution in [1.29, 1.82) is 0 Å². The summed E-state index contributed by atoms with van der Waals surface area (Å²) >= 11 is 0. The molecule has 122 valence electrons. The van der Waals surface area contributed by atoms with Crippen LogP contribution in [-0.4, -0.2) is 10.1 Å². The first-order valence-electron chi connectivity index (χ1n) is 8.43. The molecular weight excluding hydrogens is 310 g/mol. The van der Waals surface area contributed by atoms with Crippen LogP contribution in [-0.2, 0) is 17.4 Å². The van der Waals surface area contributed by atoms with Gasteiger partial charge in [-0.05, 0) is 43.2 Å². The first kappa shape index (κ1) is 15.2. The first-order chi connectivity index (χ1) is 10.7. The number of fused-ring (bicyclic) bond motifs is 2. The number of hydrogen-bond acceptors (Lipinski definition) is 4. The highest BCUT2D eigenvalue weighted by Gasteiger charge is 2.61. The van der Waals surface area contributed by atoms with Crippen molar-refractivity contribution in [2.45, 2.75) is 61.8 Å². The summed E-state index contributed by atoms with van der Waals surface area (Å²) in [4.78, 5) is 4.72. The summed E-state index contributed by atoms with van der Waals surface area (Å²) in [5, 5.41) is 4.23. The van der Waals surface area contributed by atoms with Gasteiger partial charge in [-0.15, -0.1) is 12.4 Å². The highest BCUT2D eigenvalue weighted by molar-refractivity contribution is 5.85. The van der Waals surface area contributed by atoms with E-state index < -0.39 is 0 Å². The maximum Gasteiger partial charge on any atom is 0.230 e. The van der Waals surface area contributed by atoms with E-state index in [-0.39, 0.29) is 23.4 Å². The van der Waals surface area contributed by atoms with Gasteiger partial charge in [0.25, 0.3) is 0 Å². The van der Waals surface area contributed by atoms with E-state index in [4.69, 9.17) is 15.2 Å². The van der Waals surface area contributed by atoms with Gasteiger partial charge in [-0.2, -0.15) is 4.98 Å². The minimum absolute atomic E-state index is 0. The number of hydrogen-bond donors (Lipinski definition) is 1. The molecule has 1 aromatic heterocycles. The Morgan fingerprint density at radius 3 is 2.74 bits per heavy atom. The number of rotatable bonds is 2. The Labute approximate surface area is 142 Å². The predicted molar refractivity (Wildman–Crippen MR) is 89.7 cm³/mol. The SMILES string of the molecule is Cl.NC1(c2noc(C3CC34CCc3ccccc34)n2)CCCC1. The van der Waals surface area contributed by atoms with Crippen LogP contribution in [0.3, 0.4) is 0 Å². The second-order valence-corrected chi connectivity index (χ2v) is 7.39. The topological polar surface area (TPSA) is 64.9 Å². The Kier molecular flexibility index (Phi) is 3.33. The molecule has 3 aliphatic rings. The molecule has 1 heterocycles. The van der Waals surface area contributed by atoms with Gasteiger partial charge in [0, 0.05) is 11.3 Å². The van der Waals surface area contributed by atoms with Gasteiger partial charge in [0.15, 0.2) is 5.82 Å². The van der Waals surface area contributed by atoms with Crippen LogP contribution in [0.4, 0.5) is 0 Å². The average molecular weight is 332 g/mol. The molecule has 1 spiro atoms. The number of aromatic nitrogens is 2. The second-order valence-electron chi connectivity index (χ2n) is 7.39.